The fraction of sp³-hybridized carbons (Fsp3) is 0.125. The molecule has 0 fully saturated rings. The molecule has 29 heavy (non-hydrogen) atoms. The minimum absolute atomic E-state index is 0.102. The number of H-pyrrole nitrogens is 1. The summed E-state index contributed by atoms with van der Waals surface area (Å²) in [4.78, 5) is 17.2. The zero-order valence-electron chi connectivity index (χ0n) is 16.2. The van der Waals surface area contributed by atoms with Crippen LogP contribution >= 0.6 is 0 Å². The third-order valence-electron chi connectivity index (χ3n) is 4.79. The number of benzene rings is 3. The SMILES string of the molecule is Cc1nc(-c2ccc(NC(=O)c3ccccc3CCc3ccccc3)cc2)n[nH]1. The maximum absolute atomic E-state index is 12.9. The number of carbonyl (C=O) groups is 1. The Kier molecular flexibility index (Phi) is 5.47. The third-order valence-corrected chi connectivity index (χ3v) is 4.79. The third kappa shape index (κ3) is 4.58. The van der Waals surface area contributed by atoms with Crippen LogP contribution in [0.1, 0.15) is 27.3 Å². The average molecular weight is 382 g/mol. The highest BCUT2D eigenvalue weighted by Gasteiger charge is 2.12. The second-order valence-electron chi connectivity index (χ2n) is 6.92. The molecular weight excluding hydrogens is 360 g/mol. The van der Waals surface area contributed by atoms with Gasteiger partial charge in [0.2, 0.25) is 0 Å². The van der Waals surface area contributed by atoms with Gasteiger partial charge in [0.1, 0.15) is 5.82 Å². The molecule has 0 atom stereocenters. The second kappa shape index (κ2) is 8.52. The molecule has 0 saturated carbocycles. The van der Waals surface area contributed by atoms with Crippen LogP contribution in [0.25, 0.3) is 11.4 Å². The van der Waals surface area contributed by atoms with E-state index in [9.17, 15) is 4.79 Å². The molecule has 0 aliphatic carbocycles. The lowest BCUT2D eigenvalue weighted by atomic mass is 9.99. The molecule has 4 rings (SSSR count). The molecule has 0 saturated heterocycles. The Morgan fingerprint density at radius 3 is 2.34 bits per heavy atom. The highest BCUT2D eigenvalue weighted by atomic mass is 16.1. The van der Waals surface area contributed by atoms with Crippen LogP contribution in [0.4, 0.5) is 5.69 Å². The molecule has 1 aromatic heterocycles. The summed E-state index contributed by atoms with van der Waals surface area (Å²) in [5.74, 6) is 1.31. The van der Waals surface area contributed by atoms with Crippen molar-refractivity contribution in [2.24, 2.45) is 0 Å². The first-order valence-corrected chi connectivity index (χ1v) is 9.62. The minimum atomic E-state index is -0.102. The van der Waals surface area contributed by atoms with Gasteiger partial charge in [0, 0.05) is 16.8 Å². The predicted molar refractivity (Wildman–Crippen MR) is 115 cm³/mol. The number of rotatable bonds is 6. The maximum atomic E-state index is 12.9. The smallest absolute Gasteiger partial charge is 0.255 e. The fourth-order valence-electron chi connectivity index (χ4n) is 3.26. The lowest BCUT2D eigenvalue weighted by Crippen LogP contribution is -2.14. The lowest BCUT2D eigenvalue weighted by molar-refractivity contribution is 0.102. The quantitative estimate of drug-likeness (QED) is 0.502. The van der Waals surface area contributed by atoms with Crippen molar-refractivity contribution >= 4 is 11.6 Å². The molecule has 0 aliphatic rings. The average Bonchev–Trinajstić information content (AvgIpc) is 3.20. The Morgan fingerprint density at radius 1 is 0.897 bits per heavy atom. The molecule has 0 bridgehead atoms. The molecule has 1 amide bonds. The molecule has 0 radical (unpaired) electrons. The van der Waals surface area contributed by atoms with Gasteiger partial charge in [-0.25, -0.2) is 4.98 Å². The monoisotopic (exact) mass is 382 g/mol. The highest BCUT2D eigenvalue weighted by molar-refractivity contribution is 6.05. The van der Waals surface area contributed by atoms with Crippen molar-refractivity contribution < 1.29 is 4.79 Å². The normalized spacial score (nSPS) is 10.7. The first-order chi connectivity index (χ1) is 14.2. The zero-order chi connectivity index (χ0) is 20.1. The number of hydrogen-bond donors (Lipinski definition) is 2. The van der Waals surface area contributed by atoms with Gasteiger partial charge in [0.15, 0.2) is 5.82 Å². The Hall–Kier alpha value is -3.73. The number of aromatic nitrogens is 3. The van der Waals surface area contributed by atoms with Gasteiger partial charge in [-0.3, -0.25) is 9.89 Å². The largest absolute Gasteiger partial charge is 0.322 e. The van der Waals surface area contributed by atoms with Crippen LogP contribution < -0.4 is 5.32 Å². The van der Waals surface area contributed by atoms with Crippen LogP contribution in [0.3, 0.4) is 0 Å². The van der Waals surface area contributed by atoms with E-state index < -0.39 is 0 Å². The van der Waals surface area contributed by atoms with Gasteiger partial charge in [-0.05, 0) is 61.2 Å². The molecule has 4 aromatic rings. The molecule has 3 aromatic carbocycles. The summed E-state index contributed by atoms with van der Waals surface area (Å²) < 4.78 is 0. The van der Waals surface area contributed by atoms with Crippen LogP contribution in [-0.4, -0.2) is 21.1 Å². The van der Waals surface area contributed by atoms with E-state index in [2.05, 4.69) is 32.6 Å². The molecule has 5 nitrogen and oxygen atoms in total. The minimum Gasteiger partial charge on any atom is -0.322 e. The first kappa shape index (κ1) is 18.6. The van der Waals surface area contributed by atoms with Gasteiger partial charge >= 0.3 is 0 Å². The summed E-state index contributed by atoms with van der Waals surface area (Å²) in [6.45, 7) is 1.86. The Bertz CT molecular complexity index is 1100. The topological polar surface area (TPSA) is 70.7 Å². The predicted octanol–water partition coefficient (Wildman–Crippen LogP) is 4.82. The van der Waals surface area contributed by atoms with Crippen molar-refractivity contribution in [3.8, 4) is 11.4 Å². The van der Waals surface area contributed by atoms with Gasteiger partial charge in [-0.15, -0.1) is 0 Å². The zero-order valence-corrected chi connectivity index (χ0v) is 16.2. The maximum Gasteiger partial charge on any atom is 0.255 e. The number of nitrogens with zero attached hydrogens (tertiary/aromatic N) is 2. The Labute approximate surface area is 169 Å². The standard InChI is InChI=1S/C24H22N4O/c1-17-25-23(28-27-17)20-13-15-21(16-14-20)26-24(29)22-10-6-5-9-19(22)12-11-18-7-3-2-4-8-18/h2-10,13-16H,11-12H2,1H3,(H,26,29)(H,25,27,28). The van der Waals surface area contributed by atoms with Crippen molar-refractivity contribution in [1.29, 1.82) is 0 Å². The Morgan fingerprint density at radius 2 is 1.62 bits per heavy atom. The van der Waals surface area contributed by atoms with E-state index in [1.54, 1.807) is 0 Å². The molecular formula is C24H22N4O. The number of hydrogen-bond acceptors (Lipinski definition) is 3. The number of nitrogens with one attached hydrogen (secondary N) is 2. The molecule has 0 spiro atoms. The van der Waals surface area contributed by atoms with E-state index >= 15 is 0 Å². The van der Waals surface area contributed by atoms with E-state index in [4.69, 9.17) is 0 Å². The number of anilines is 1. The summed E-state index contributed by atoms with van der Waals surface area (Å²) in [6.07, 6.45) is 1.71. The van der Waals surface area contributed by atoms with Crippen LogP contribution in [-0.2, 0) is 12.8 Å². The van der Waals surface area contributed by atoms with Crippen molar-refractivity contribution in [2.75, 3.05) is 5.32 Å². The molecule has 1 heterocycles. The fourth-order valence-corrected chi connectivity index (χ4v) is 3.26. The number of amides is 1. The van der Waals surface area contributed by atoms with Gasteiger partial charge in [0.05, 0.1) is 0 Å². The number of carbonyl (C=O) groups excluding carboxylic acids is 1. The summed E-state index contributed by atoms with van der Waals surface area (Å²) in [5.41, 5.74) is 4.65. The van der Waals surface area contributed by atoms with Crippen LogP contribution in [0, 0.1) is 6.92 Å². The van der Waals surface area contributed by atoms with Crippen molar-refractivity contribution in [1.82, 2.24) is 15.2 Å². The molecule has 0 unspecified atom stereocenters. The van der Waals surface area contributed by atoms with Crippen molar-refractivity contribution in [3.63, 3.8) is 0 Å². The van der Waals surface area contributed by atoms with E-state index in [0.717, 1.165) is 35.5 Å². The van der Waals surface area contributed by atoms with Crippen LogP contribution in [0.2, 0.25) is 0 Å². The molecule has 0 aliphatic heterocycles. The summed E-state index contributed by atoms with van der Waals surface area (Å²) in [6, 6.07) is 25.6. The number of aryl methyl sites for hydroxylation is 3. The van der Waals surface area contributed by atoms with Crippen molar-refractivity contribution in [3.05, 3.63) is 101 Å². The van der Waals surface area contributed by atoms with E-state index in [1.807, 2.05) is 73.7 Å². The van der Waals surface area contributed by atoms with Crippen LogP contribution in [0.15, 0.2) is 78.9 Å². The first-order valence-electron chi connectivity index (χ1n) is 9.62. The van der Waals surface area contributed by atoms with Gasteiger partial charge in [-0.1, -0.05) is 48.5 Å². The molecule has 5 heteroatoms. The summed E-state index contributed by atoms with van der Waals surface area (Å²) in [5, 5.41) is 9.99. The second-order valence-corrected chi connectivity index (χ2v) is 6.92. The summed E-state index contributed by atoms with van der Waals surface area (Å²) >= 11 is 0. The van der Waals surface area contributed by atoms with Gasteiger partial charge in [-0.2, -0.15) is 5.10 Å². The van der Waals surface area contributed by atoms with E-state index in [1.165, 1.54) is 5.56 Å². The van der Waals surface area contributed by atoms with Gasteiger partial charge < -0.3 is 5.32 Å². The highest BCUT2D eigenvalue weighted by Crippen LogP contribution is 2.19. The number of aromatic amines is 1. The molecule has 144 valence electrons. The van der Waals surface area contributed by atoms with E-state index in [-0.39, 0.29) is 5.91 Å². The van der Waals surface area contributed by atoms with Crippen molar-refractivity contribution in [2.45, 2.75) is 19.8 Å². The molecule has 2 N–H and O–H groups in total. The van der Waals surface area contributed by atoms with Crippen LogP contribution in [0.5, 0.6) is 0 Å². The summed E-state index contributed by atoms with van der Waals surface area (Å²) in [7, 11) is 0. The Balaban J connectivity index is 1.46. The lowest BCUT2D eigenvalue weighted by Gasteiger charge is -2.11. The van der Waals surface area contributed by atoms with Gasteiger partial charge in [0.25, 0.3) is 5.91 Å². The van der Waals surface area contributed by atoms with E-state index in [0.29, 0.717) is 11.4 Å².